The number of aryl methyl sites for hydroxylation is 1. The topological polar surface area (TPSA) is 71.2 Å². The normalized spacial score (nSPS) is 12.8. The molecule has 45 heavy (non-hydrogen) atoms. The number of alkyl halides is 3. The number of carbonyl (C=O) groups is 1. The Balaban J connectivity index is 1.83. The van der Waals surface area contributed by atoms with Crippen molar-refractivity contribution in [2.24, 2.45) is 0 Å². The zero-order valence-corrected chi connectivity index (χ0v) is 29.0. The van der Waals surface area contributed by atoms with Crippen LogP contribution in [0.25, 0.3) is 22.6 Å². The monoisotopic (exact) mass is 662 g/mol. The molecule has 3 heterocycles. The molecule has 0 spiro atoms. The fourth-order valence-corrected chi connectivity index (χ4v) is 6.29. The van der Waals surface area contributed by atoms with E-state index in [1.54, 1.807) is 9.13 Å². The van der Waals surface area contributed by atoms with Gasteiger partial charge in [-0.25, -0.2) is 9.37 Å². The summed E-state index contributed by atoms with van der Waals surface area (Å²) in [5.41, 5.74) is -0.260. The molecular weight excluding hydrogens is 621 g/mol. The molecule has 4 rings (SSSR count). The predicted octanol–water partition coefficient (Wildman–Crippen LogP) is 8.48. The van der Waals surface area contributed by atoms with Crippen molar-refractivity contribution in [3.05, 3.63) is 70.9 Å². The number of nitrogens with zero attached hydrogens (tertiary/aromatic N) is 4. The van der Waals surface area contributed by atoms with Crippen molar-refractivity contribution in [3.63, 3.8) is 0 Å². The number of halogens is 4. The van der Waals surface area contributed by atoms with E-state index in [0.29, 0.717) is 36.7 Å². The number of aromatic nitrogens is 4. The van der Waals surface area contributed by atoms with Gasteiger partial charge in [-0.2, -0.15) is 13.2 Å². The van der Waals surface area contributed by atoms with Crippen LogP contribution in [-0.2, 0) is 35.5 Å². The van der Waals surface area contributed by atoms with Gasteiger partial charge in [0.15, 0.2) is 17.4 Å². The molecule has 0 amide bonds. The highest BCUT2D eigenvalue weighted by Crippen LogP contribution is 2.34. The standard InChI is InChI=1S/C32H42F4N4O3Si2/c1-8-25-28(33)29-26(18-37-25)38-31(40(29)21-43-14-16-45(5,6)7)27-17-22(19-39(27)20-42-13-15-44(2,3)4)30(41)23-11-9-10-12-24(23)32(34,35)36/h9-12,17-19H,8,13-16,20-21H2,1-7H3. The number of hydrogen-bond acceptors (Lipinski definition) is 5. The minimum atomic E-state index is -4.71. The van der Waals surface area contributed by atoms with Crippen LogP contribution in [0.4, 0.5) is 17.6 Å². The zero-order valence-electron chi connectivity index (χ0n) is 27.0. The van der Waals surface area contributed by atoms with Crippen LogP contribution < -0.4 is 0 Å². The number of pyridine rings is 1. The van der Waals surface area contributed by atoms with E-state index in [4.69, 9.17) is 14.5 Å². The fraction of sp³-hybridized carbons (Fsp3) is 0.469. The Labute approximate surface area is 263 Å². The third kappa shape index (κ3) is 8.57. The van der Waals surface area contributed by atoms with Gasteiger partial charge in [-0.3, -0.25) is 14.3 Å². The fourth-order valence-electron chi connectivity index (χ4n) is 4.78. The van der Waals surface area contributed by atoms with Crippen LogP contribution in [0.15, 0.2) is 42.7 Å². The Hall–Kier alpha value is -3.14. The molecule has 0 atom stereocenters. The molecule has 0 saturated heterocycles. The van der Waals surface area contributed by atoms with Gasteiger partial charge in [-0.05, 0) is 30.6 Å². The van der Waals surface area contributed by atoms with Gasteiger partial charge in [-0.15, -0.1) is 0 Å². The lowest BCUT2D eigenvalue weighted by Crippen LogP contribution is -2.22. The van der Waals surface area contributed by atoms with Gasteiger partial charge >= 0.3 is 6.18 Å². The Kier molecular flexibility index (Phi) is 10.6. The molecule has 0 aliphatic rings. The largest absolute Gasteiger partial charge is 0.417 e. The summed E-state index contributed by atoms with van der Waals surface area (Å²) in [6, 6.07) is 8.00. The Morgan fingerprint density at radius 1 is 0.956 bits per heavy atom. The van der Waals surface area contributed by atoms with Crippen molar-refractivity contribution in [3.8, 4) is 11.5 Å². The molecule has 0 aliphatic heterocycles. The van der Waals surface area contributed by atoms with Crippen LogP contribution in [0, 0.1) is 5.82 Å². The molecule has 3 aromatic heterocycles. The Bertz CT molecular complexity index is 1650. The highest BCUT2D eigenvalue weighted by Gasteiger charge is 2.35. The summed E-state index contributed by atoms with van der Waals surface area (Å²) in [6.07, 6.45) is -1.36. The van der Waals surface area contributed by atoms with E-state index >= 15 is 4.39 Å². The first-order valence-electron chi connectivity index (χ1n) is 15.1. The van der Waals surface area contributed by atoms with E-state index < -0.39 is 45.1 Å². The summed E-state index contributed by atoms with van der Waals surface area (Å²) < 4.78 is 72.6. The summed E-state index contributed by atoms with van der Waals surface area (Å²) in [5, 5.41) is 0. The third-order valence-electron chi connectivity index (χ3n) is 7.44. The van der Waals surface area contributed by atoms with E-state index in [1.165, 1.54) is 36.7 Å². The number of fused-ring (bicyclic) bond motifs is 1. The van der Waals surface area contributed by atoms with Crippen LogP contribution >= 0.6 is 0 Å². The second-order valence-electron chi connectivity index (χ2n) is 13.6. The highest BCUT2D eigenvalue weighted by molar-refractivity contribution is 6.76. The molecule has 0 radical (unpaired) electrons. The van der Waals surface area contributed by atoms with Crippen molar-refractivity contribution < 1.29 is 31.8 Å². The molecule has 0 saturated carbocycles. The molecule has 0 aliphatic carbocycles. The van der Waals surface area contributed by atoms with Crippen LogP contribution in [0.2, 0.25) is 51.4 Å². The Morgan fingerprint density at radius 2 is 1.58 bits per heavy atom. The first kappa shape index (κ1) is 34.7. The number of ether oxygens (including phenoxy) is 2. The minimum absolute atomic E-state index is 0.0117. The van der Waals surface area contributed by atoms with Crippen molar-refractivity contribution in [1.82, 2.24) is 19.1 Å². The third-order valence-corrected chi connectivity index (χ3v) is 10.9. The average molecular weight is 663 g/mol. The molecule has 7 nitrogen and oxygen atoms in total. The second kappa shape index (κ2) is 13.7. The van der Waals surface area contributed by atoms with Crippen LogP contribution in [0.1, 0.15) is 34.1 Å². The second-order valence-corrected chi connectivity index (χ2v) is 24.9. The summed E-state index contributed by atoms with van der Waals surface area (Å²) in [6.45, 7) is 16.1. The first-order chi connectivity index (χ1) is 21.0. The van der Waals surface area contributed by atoms with Crippen molar-refractivity contribution >= 4 is 33.0 Å². The first-order valence-corrected chi connectivity index (χ1v) is 22.5. The molecular formula is C32H42F4N4O3Si2. The molecule has 244 valence electrons. The molecule has 4 aromatic rings. The van der Waals surface area contributed by atoms with Crippen molar-refractivity contribution in [2.75, 3.05) is 13.2 Å². The van der Waals surface area contributed by atoms with Gasteiger partial charge < -0.3 is 14.0 Å². The number of rotatable bonds is 14. The number of imidazole rings is 1. The Morgan fingerprint density at radius 3 is 2.18 bits per heavy atom. The van der Waals surface area contributed by atoms with Gasteiger partial charge in [0.05, 0.1) is 23.1 Å². The molecule has 0 bridgehead atoms. The number of benzene rings is 1. The van der Waals surface area contributed by atoms with E-state index in [9.17, 15) is 18.0 Å². The predicted molar refractivity (Wildman–Crippen MR) is 173 cm³/mol. The molecule has 0 fully saturated rings. The van der Waals surface area contributed by atoms with Gasteiger partial charge in [0.2, 0.25) is 0 Å². The van der Waals surface area contributed by atoms with Crippen LogP contribution in [0.5, 0.6) is 0 Å². The molecule has 1 aromatic carbocycles. The van der Waals surface area contributed by atoms with E-state index in [0.717, 1.165) is 18.2 Å². The van der Waals surface area contributed by atoms with Crippen LogP contribution in [0.3, 0.4) is 0 Å². The van der Waals surface area contributed by atoms with Crippen molar-refractivity contribution in [2.45, 2.75) is 84.4 Å². The minimum Gasteiger partial charge on any atom is -0.361 e. The van der Waals surface area contributed by atoms with E-state index in [1.807, 2.05) is 6.92 Å². The zero-order chi connectivity index (χ0) is 33.2. The van der Waals surface area contributed by atoms with E-state index in [-0.39, 0.29) is 30.2 Å². The molecule has 0 unspecified atom stereocenters. The maximum atomic E-state index is 15.8. The van der Waals surface area contributed by atoms with Crippen LogP contribution in [-0.4, -0.2) is 54.2 Å². The molecule has 0 N–H and O–H groups in total. The summed E-state index contributed by atoms with van der Waals surface area (Å²) in [7, 11) is -2.81. The maximum Gasteiger partial charge on any atom is 0.417 e. The maximum absolute atomic E-state index is 15.8. The quantitative estimate of drug-likeness (QED) is 0.0586. The van der Waals surface area contributed by atoms with Gasteiger partial charge in [0.1, 0.15) is 24.5 Å². The van der Waals surface area contributed by atoms with Gasteiger partial charge in [-0.1, -0.05) is 64.4 Å². The average Bonchev–Trinajstić information content (AvgIpc) is 3.53. The molecule has 13 heteroatoms. The summed E-state index contributed by atoms with van der Waals surface area (Å²) >= 11 is 0. The van der Waals surface area contributed by atoms with E-state index in [2.05, 4.69) is 44.3 Å². The van der Waals surface area contributed by atoms with Crippen molar-refractivity contribution in [1.29, 1.82) is 0 Å². The summed E-state index contributed by atoms with van der Waals surface area (Å²) in [5.74, 6) is -1.01. The number of carbonyl (C=O) groups excluding carboxylic acids is 1. The lowest BCUT2D eigenvalue weighted by atomic mass is 9.99. The SMILES string of the molecule is CCc1ncc2nc(-c3cc(C(=O)c4ccccc4C(F)(F)F)cn3COCC[Si](C)(C)C)n(COCC[Si](C)(C)C)c2c1F. The van der Waals surface area contributed by atoms with Gasteiger partial charge in [0.25, 0.3) is 0 Å². The lowest BCUT2D eigenvalue weighted by Gasteiger charge is -2.18. The summed E-state index contributed by atoms with van der Waals surface area (Å²) in [4.78, 5) is 22.5. The lowest BCUT2D eigenvalue weighted by molar-refractivity contribution is -0.137. The van der Waals surface area contributed by atoms with Gasteiger partial charge in [0, 0.05) is 46.7 Å². The number of ketones is 1. The highest BCUT2D eigenvalue weighted by atomic mass is 28.3. The smallest absolute Gasteiger partial charge is 0.361 e. The number of hydrogen-bond donors (Lipinski definition) is 0.